The lowest BCUT2D eigenvalue weighted by atomic mass is 9.94. The lowest BCUT2D eigenvalue weighted by Crippen LogP contribution is -2.39. The molecule has 0 aliphatic heterocycles. The molecule has 25 heavy (non-hydrogen) atoms. The number of carbonyl (C=O) groups is 2. The van der Waals surface area contributed by atoms with Crippen molar-refractivity contribution in [3.8, 4) is 6.07 Å². The van der Waals surface area contributed by atoms with Crippen LogP contribution in [0.1, 0.15) is 42.5 Å². The van der Waals surface area contributed by atoms with Crippen LogP contribution in [0.4, 0.5) is 5.69 Å². The Bertz CT molecular complexity index is 700. The highest BCUT2D eigenvalue weighted by atomic mass is 16.5. The van der Waals surface area contributed by atoms with Gasteiger partial charge in [0, 0.05) is 19.3 Å². The largest absolute Gasteiger partial charge is 0.465 e. The van der Waals surface area contributed by atoms with E-state index < -0.39 is 5.97 Å². The number of ether oxygens (including phenoxy) is 1. The number of carbonyl (C=O) groups excluding carboxylic acids is 2. The summed E-state index contributed by atoms with van der Waals surface area (Å²) in [5.74, 6) is -0.793. The van der Waals surface area contributed by atoms with Crippen LogP contribution >= 0.6 is 0 Å². The Kier molecular flexibility index (Phi) is 6.58. The number of nitrogens with zero attached hydrogens (tertiary/aromatic N) is 2. The first-order valence-electron chi connectivity index (χ1n) is 8.39. The number of likely N-dealkylation sites (N-methyl/N-ethyl adjacent to an activating group) is 1. The standard InChI is InChI=1S/C19H23N3O3/c1-22(15-8-4-3-5-9-15)18(23)14(12-20)13-21-17-11-7-6-10-16(17)19(24)25-2/h6-7,10-11,13,15,21H,3-5,8-9H2,1-2H3/b14-13-. The summed E-state index contributed by atoms with van der Waals surface area (Å²) in [4.78, 5) is 26.0. The zero-order valence-corrected chi connectivity index (χ0v) is 14.6. The van der Waals surface area contributed by atoms with Gasteiger partial charge in [0.1, 0.15) is 11.6 Å². The normalized spacial score (nSPS) is 15.2. The van der Waals surface area contributed by atoms with Crippen LogP contribution in [0, 0.1) is 11.3 Å². The van der Waals surface area contributed by atoms with Crippen molar-refractivity contribution < 1.29 is 14.3 Å². The summed E-state index contributed by atoms with van der Waals surface area (Å²) in [5.41, 5.74) is 0.828. The Morgan fingerprint density at radius 3 is 2.60 bits per heavy atom. The van der Waals surface area contributed by atoms with Gasteiger partial charge in [-0.15, -0.1) is 0 Å². The first kappa shape index (κ1) is 18.5. The number of para-hydroxylation sites is 1. The van der Waals surface area contributed by atoms with Gasteiger partial charge in [-0.3, -0.25) is 4.79 Å². The molecule has 0 spiro atoms. The zero-order chi connectivity index (χ0) is 18.2. The molecule has 0 unspecified atom stereocenters. The van der Waals surface area contributed by atoms with E-state index in [0.717, 1.165) is 25.7 Å². The van der Waals surface area contributed by atoms with Gasteiger partial charge in [-0.2, -0.15) is 5.26 Å². The zero-order valence-electron chi connectivity index (χ0n) is 14.6. The molecule has 1 N–H and O–H groups in total. The summed E-state index contributed by atoms with van der Waals surface area (Å²) in [6.07, 6.45) is 6.71. The maximum absolute atomic E-state index is 12.6. The molecule has 0 saturated heterocycles. The first-order valence-corrected chi connectivity index (χ1v) is 8.39. The van der Waals surface area contributed by atoms with Gasteiger partial charge in [0.25, 0.3) is 5.91 Å². The molecule has 1 amide bonds. The molecular formula is C19H23N3O3. The van der Waals surface area contributed by atoms with Gasteiger partial charge >= 0.3 is 5.97 Å². The van der Waals surface area contributed by atoms with E-state index in [9.17, 15) is 14.9 Å². The highest BCUT2D eigenvalue weighted by Crippen LogP contribution is 2.23. The summed E-state index contributed by atoms with van der Waals surface area (Å²) in [6.45, 7) is 0. The summed E-state index contributed by atoms with van der Waals surface area (Å²) in [6, 6.07) is 8.90. The molecule has 1 aromatic carbocycles. The summed E-state index contributed by atoms with van der Waals surface area (Å²) >= 11 is 0. The second kappa shape index (κ2) is 8.88. The third kappa shape index (κ3) is 4.60. The predicted molar refractivity (Wildman–Crippen MR) is 94.7 cm³/mol. The summed E-state index contributed by atoms with van der Waals surface area (Å²) in [7, 11) is 3.05. The molecule has 6 nitrogen and oxygen atoms in total. The van der Waals surface area contributed by atoms with Crippen LogP contribution in [0.5, 0.6) is 0 Å². The molecule has 0 bridgehead atoms. The molecule has 0 radical (unpaired) electrons. The second-order valence-electron chi connectivity index (χ2n) is 6.06. The minimum atomic E-state index is -0.486. The van der Waals surface area contributed by atoms with Gasteiger partial charge in [0.05, 0.1) is 18.4 Å². The van der Waals surface area contributed by atoms with Crippen molar-refractivity contribution in [1.82, 2.24) is 4.90 Å². The molecule has 1 fully saturated rings. The molecule has 1 aliphatic rings. The number of hydrogen-bond donors (Lipinski definition) is 1. The van der Waals surface area contributed by atoms with Crippen molar-refractivity contribution in [1.29, 1.82) is 5.26 Å². The molecule has 2 rings (SSSR count). The molecule has 132 valence electrons. The second-order valence-corrected chi connectivity index (χ2v) is 6.06. The fourth-order valence-electron chi connectivity index (χ4n) is 3.01. The van der Waals surface area contributed by atoms with E-state index in [0.29, 0.717) is 11.3 Å². The van der Waals surface area contributed by atoms with E-state index in [1.54, 1.807) is 36.2 Å². The molecule has 1 aliphatic carbocycles. The third-order valence-corrected chi connectivity index (χ3v) is 4.50. The number of anilines is 1. The highest BCUT2D eigenvalue weighted by Gasteiger charge is 2.24. The average molecular weight is 341 g/mol. The Labute approximate surface area is 148 Å². The molecule has 1 saturated carbocycles. The Morgan fingerprint density at radius 1 is 1.28 bits per heavy atom. The van der Waals surface area contributed by atoms with Gasteiger partial charge in [0.15, 0.2) is 0 Å². The number of nitriles is 1. The smallest absolute Gasteiger partial charge is 0.339 e. The molecule has 1 aromatic rings. The molecule has 0 aromatic heterocycles. The Hall–Kier alpha value is -2.81. The number of benzene rings is 1. The molecule has 6 heteroatoms. The van der Waals surface area contributed by atoms with E-state index in [-0.39, 0.29) is 17.5 Å². The Morgan fingerprint density at radius 2 is 1.96 bits per heavy atom. The van der Waals surface area contributed by atoms with E-state index >= 15 is 0 Å². The van der Waals surface area contributed by atoms with Crippen LogP contribution in [-0.2, 0) is 9.53 Å². The van der Waals surface area contributed by atoms with Crippen LogP contribution in [-0.4, -0.2) is 37.0 Å². The van der Waals surface area contributed by atoms with Crippen LogP contribution in [0.15, 0.2) is 36.0 Å². The topological polar surface area (TPSA) is 82.4 Å². The molecule has 0 heterocycles. The van der Waals surface area contributed by atoms with E-state index in [1.165, 1.54) is 19.7 Å². The first-order chi connectivity index (χ1) is 12.1. The van der Waals surface area contributed by atoms with Crippen molar-refractivity contribution in [2.75, 3.05) is 19.5 Å². The van der Waals surface area contributed by atoms with Crippen molar-refractivity contribution in [2.24, 2.45) is 0 Å². The highest BCUT2D eigenvalue weighted by molar-refractivity contribution is 5.98. The average Bonchev–Trinajstić information content (AvgIpc) is 2.68. The monoisotopic (exact) mass is 341 g/mol. The van der Waals surface area contributed by atoms with Crippen molar-refractivity contribution in [3.63, 3.8) is 0 Å². The van der Waals surface area contributed by atoms with Gasteiger partial charge in [-0.05, 0) is 25.0 Å². The predicted octanol–water partition coefficient (Wildman–Crippen LogP) is 3.08. The van der Waals surface area contributed by atoms with Gasteiger partial charge in [-0.1, -0.05) is 31.4 Å². The summed E-state index contributed by atoms with van der Waals surface area (Å²) < 4.78 is 4.74. The maximum Gasteiger partial charge on any atom is 0.339 e. The SMILES string of the molecule is COC(=O)c1ccccc1N/C=C(/C#N)C(=O)N(C)C1CCCCC1. The van der Waals surface area contributed by atoms with Gasteiger partial charge in [-0.25, -0.2) is 4.79 Å². The van der Waals surface area contributed by atoms with Crippen LogP contribution in [0.25, 0.3) is 0 Å². The van der Waals surface area contributed by atoms with Crippen LogP contribution < -0.4 is 5.32 Å². The van der Waals surface area contributed by atoms with E-state index in [4.69, 9.17) is 4.74 Å². The number of esters is 1. The fraction of sp³-hybridized carbons (Fsp3) is 0.421. The lowest BCUT2D eigenvalue weighted by Gasteiger charge is -2.31. The number of methoxy groups -OCH3 is 1. The van der Waals surface area contributed by atoms with Crippen LogP contribution in [0.2, 0.25) is 0 Å². The van der Waals surface area contributed by atoms with Gasteiger partial charge in [0.2, 0.25) is 0 Å². The van der Waals surface area contributed by atoms with E-state index in [1.807, 2.05) is 6.07 Å². The van der Waals surface area contributed by atoms with Crippen molar-refractivity contribution in [2.45, 2.75) is 38.1 Å². The minimum Gasteiger partial charge on any atom is -0.465 e. The van der Waals surface area contributed by atoms with E-state index in [2.05, 4.69) is 5.32 Å². The molecular weight excluding hydrogens is 318 g/mol. The lowest BCUT2D eigenvalue weighted by molar-refractivity contribution is -0.128. The minimum absolute atomic E-state index is 0.00717. The number of hydrogen-bond acceptors (Lipinski definition) is 5. The molecule has 0 atom stereocenters. The number of nitrogens with one attached hydrogen (secondary N) is 1. The summed E-state index contributed by atoms with van der Waals surface area (Å²) in [5, 5.41) is 12.2. The Balaban J connectivity index is 2.14. The van der Waals surface area contributed by atoms with Gasteiger partial charge < -0.3 is 15.0 Å². The van der Waals surface area contributed by atoms with Crippen molar-refractivity contribution >= 4 is 17.6 Å². The maximum atomic E-state index is 12.6. The third-order valence-electron chi connectivity index (χ3n) is 4.50. The quantitative estimate of drug-likeness (QED) is 0.505. The van der Waals surface area contributed by atoms with Crippen LogP contribution in [0.3, 0.4) is 0 Å². The fourth-order valence-corrected chi connectivity index (χ4v) is 3.01. The number of amides is 1. The van der Waals surface area contributed by atoms with Crippen molar-refractivity contribution in [3.05, 3.63) is 41.6 Å². The number of rotatable bonds is 5.